The molecule has 1 aromatic heterocycles. The van der Waals surface area contributed by atoms with Crippen LogP contribution in [0.2, 0.25) is 5.02 Å². The molecule has 0 aliphatic carbocycles. The maximum atomic E-state index is 12.2. The van der Waals surface area contributed by atoms with Crippen molar-refractivity contribution in [3.8, 4) is 22.9 Å². The molecule has 1 aliphatic rings. The van der Waals surface area contributed by atoms with Crippen LogP contribution in [0, 0.1) is 0 Å². The van der Waals surface area contributed by atoms with Gasteiger partial charge in [-0.05, 0) is 42.5 Å². The highest BCUT2D eigenvalue weighted by molar-refractivity contribution is 6.30. The first-order chi connectivity index (χ1) is 12.7. The van der Waals surface area contributed by atoms with Gasteiger partial charge in [-0.25, -0.2) is 4.79 Å². The summed E-state index contributed by atoms with van der Waals surface area (Å²) in [6, 6.07) is 11.9. The molecule has 4 rings (SSSR count). The standard InChI is InChI=1S/C18H13ClN2O5/c19-13-4-1-11(2-5-13)17-20-16(26-21-17)10-25-18(22)12-3-6-14-15(9-12)24-8-7-23-14/h1-6,9H,7-8,10H2. The Morgan fingerprint density at radius 1 is 1.08 bits per heavy atom. The lowest BCUT2D eigenvalue weighted by atomic mass is 10.2. The normalized spacial score (nSPS) is 12.7. The molecule has 26 heavy (non-hydrogen) atoms. The van der Waals surface area contributed by atoms with Crippen LogP contribution in [0.5, 0.6) is 11.5 Å². The number of hydrogen-bond donors (Lipinski definition) is 0. The van der Waals surface area contributed by atoms with Crippen LogP contribution in [0.15, 0.2) is 47.0 Å². The number of hydrogen-bond acceptors (Lipinski definition) is 7. The Morgan fingerprint density at radius 3 is 2.65 bits per heavy atom. The maximum absolute atomic E-state index is 12.2. The monoisotopic (exact) mass is 372 g/mol. The lowest BCUT2D eigenvalue weighted by molar-refractivity contribution is 0.0429. The lowest BCUT2D eigenvalue weighted by Crippen LogP contribution is -2.16. The van der Waals surface area contributed by atoms with Gasteiger partial charge in [0, 0.05) is 10.6 Å². The fourth-order valence-corrected chi connectivity index (χ4v) is 2.54. The van der Waals surface area contributed by atoms with Crippen molar-refractivity contribution in [3.05, 3.63) is 58.9 Å². The first-order valence-corrected chi connectivity index (χ1v) is 8.22. The van der Waals surface area contributed by atoms with Crippen molar-refractivity contribution in [1.29, 1.82) is 0 Å². The van der Waals surface area contributed by atoms with Crippen LogP contribution < -0.4 is 9.47 Å². The Bertz CT molecular complexity index is 939. The van der Waals surface area contributed by atoms with Gasteiger partial charge in [-0.1, -0.05) is 16.8 Å². The molecule has 0 N–H and O–H groups in total. The van der Waals surface area contributed by atoms with Gasteiger partial charge in [0.1, 0.15) is 13.2 Å². The number of rotatable bonds is 4. The SMILES string of the molecule is O=C(OCc1nc(-c2ccc(Cl)cc2)no1)c1ccc2c(c1)OCCO2. The summed E-state index contributed by atoms with van der Waals surface area (Å²) in [6.07, 6.45) is 0. The predicted octanol–water partition coefficient (Wildman–Crippen LogP) is 3.52. The highest BCUT2D eigenvalue weighted by atomic mass is 35.5. The van der Waals surface area contributed by atoms with Crippen LogP contribution in [0.25, 0.3) is 11.4 Å². The van der Waals surface area contributed by atoms with Gasteiger partial charge < -0.3 is 18.7 Å². The van der Waals surface area contributed by atoms with Crippen LogP contribution in [0.1, 0.15) is 16.2 Å². The molecule has 0 unspecified atom stereocenters. The van der Waals surface area contributed by atoms with Crippen molar-refractivity contribution in [1.82, 2.24) is 10.1 Å². The average molecular weight is 373 g/mol. The summed E-state index contributed by atoms with van der Waals surface area (Å²) in [7, 11) is 0. The molecule has 0 amide bonds. The molecule has 0 bridgehead atoms. The number of carbonyl (C=O) groups is 1. The van der Waals surface area contributed by atoms with E-state index in [0.717, 1.165) is 5.56 Å². The van der Waals surface area contributed by atoms with E-state index in [0.29, 0.717) is 41.1 Å². The van der Waals surface area contributed by atoms with E-state index < -0.39 is 5.97 Å². The minimum absolute atomic E-state index is 0.131. The summed E-state index contributed by atoms with van der Waals surface area (Å²) in [5.74, 6) is 1.20. The van der Waals surface area contributed by atoms with Gasteiger partial charge in [-0.3, -0.25) is 0 Å². The lowest BCUT2D eigenvalue weighted by Gasteiger charge is -2.18. The number of aromatic nitrogens is 2. The molecule has 1 aliphatic heterocycles. The zero-order chi connectivity index (χ0) is 17.9. The van der Waals surface area contributed by atoms with Crippen molar-refractivity contribution in [2.45, 2.75) is 6.61 Å². The highest BCUT2D eigenvalue weighted by Gasteiger charge is 2.17. The molecule has 2 heterocycles. The van der Waals surface area contributed by atoms with Crippen LogP contribution in [-0.2, 0) is 11.3 Å². The van der Waals surface area contributed by atoms with Gasteiger partial charge in [0.05, 0.1) is 5.56 Å². The van der Waals surface area contributed by atoms with E-state index in [1.807, 2.05) is 0 Å². The van der Waals surface area contributed by atoms with E-state index in [1.54, 1.807) is 42.5 Å². The van der Waals surface area contributed by atoms with Crippen molar-refractivity contribution in [3.63, 3.8) is 0 Å². The van der Waals surface area contributed by atoms with Crippen LogP contribution in [-0.4, -0.2) is 29.3 Å². The first-order valence-electron chi connectivity index (χ1n) is 7.84. The molecular weight excluding hydrogens is 360 g/mol. The van der Waals surface area contributed by atoms with Gasteiger partial charge in [0.15, 0.2) is 18.1 Å². The molecule has 0 saturated heterocycles. The Kier molecular flexibility index (Phi) is 4.45. The molecule has 0 spiro atoms. The van der Waals surface area contributed by atoms with Crippen LogP contribution in [0.4, 0.5) is 0 Å². The molecule has 0 saturated carbocycles. The Hall–Kier alpha value is -3.06. The molecule has 0 atom stereocenters. The third kappa shape index (κ3) is 3.48. The fraction of sp³-hybridized carbons (Fsp3) is 0.167. The maximum Gasteiger partial charge on any atom is 0.338 e. The van der Waals surface area contributed by atoms with Gasteiger partial charge in [-0.15, -0.1) is 0 Å². The molecule has 0 radical (unpaired) electrons. The molecule has 132 valence electrons. The van der Waals surface area contributed by atoms with E-state index in [-0.39, 0.29) is 12.5 Å². The largest absolute Gasteiger partial charge is 0.486 e. The molecule has 3 aromatic rings. The van der Waals surface area contributed by atoms with Gasteiger partial charge in [0.2, 0.25) is 5.82 Å². The first kappa shape index (κ1) is 16.4. The Morgan fingerprint density at radius 2 is 1.85 bits per heavy atom. The minimum Gasteiger partial charge on any atom is -0.486 e. The van der Waals surface area contributed by atoms with E-state index >= 15 is 0 Å². The average Bonchev–Trinajstić information content (AvgIpc) is 3.15. The molecular formula is C18H13ClN2O5. The Labute approximate surface area is 153 Å². The van der Waals surface area contributed by atoms with E-state index in [1.165, 1.54) is 0 Å². The van der Waals surface area contributed by atoms with Crippen molar-refractivity contribution in [2.24, 2.45) is 0 Å². The van der Waals surface area contributed by atoms with Crippen molar-refractivity contribution in [2.75, 3.05) is 13.2 Å². The quantitative estimate of drug-likeness (QED) is 0.648. The fourth-order valence-electron chi connectivity index (χ4n) is 2.41. The molecule has 0 fully saturated rings. The summed E-state index contributed by atoms with van der Waals surface area (Å²) in [5.41, 5.74) is 1.11. The summed E-state index contributed by atoms with van der Waals surface area (Å²) in [4.78, 5) is 16.4. The van der Waals surface area contributed by atoms with Gasteiger partial charge in [0.25, 0.3) is 5.89 Å². The second-order valence-electron chi connectivity index (χ2n) is 5.45. The summed E-state index contributed by atoms with van der Waals surface area (Å²) >= 11 is 5.85. The number of carbonyl (C=O) groups excluding carboxylic acids is 1. The van der Waals surface area contributed by atoms with Gasteiger partial charge in [-0.2, -0.15) is 4.98 Å². The summed E-state index contributed by atoms with van der Waals surface area (Å²) in [6.45, 7) is 0.804. The number of halogens is 1. The second-order valence-corrected chi connectivity index (χ2v) is 5.89. The van der Waals surface area contributed by atoms with Gasteiger partial charge >= 0.3 is 5.97 Å². The van der Waals surface area contributed by atoms with Crippen LogP contribution in [0.3, 0.4) is 0 Å². The highest BCUT2D eigenvalue weighted by Crippen LogP contribution is 2.31. The third-order valence-electron chi connectivity index (χ3n) is 3.68. The minimum atomic E-state index is -0.520. The number of fused-ring (bicyclic) bond motifs is 1. The topological polar surface area (TPSA) is 83.7 Å². The number of nitrogens with zero attached hydrogens (tertiary/aromatic N) is 2. The zero-order valence-electron chi connectivity index (χ0n) is 13.5. The van der Waals surface area contributed by atoms with E-state index in [9.17, 15) is 4.79 Å². The zero-order valence-corrected chi connectivity index (χ0v) is 14.2. The second kappa shape index (κ2) is 7.05. The van der Waals surface area contributed by atoms with E-state index in [4.69, 9.17) is 30.3 Å². The van der Waals surface area contributed by atoms with Crippen molar-refractivity contribution >= 4 is 17.6 Å². The number of esters is 1. The number of benzene rings is 2. The molecule has 8 heteroatoms. The van der Waals surface area contributed by atoms with Crippen LogP contribution >= 0.6 is 11.6 Å². The predicted molar refractivity (Wildman–Crippen MR) is 91.3 cm³/mol. The smallest absolute Gasteiger partial charge is 0.338 e. The Balaban J connectivity index is 1.41. The van der Waals surface area contributed by atoms with Crippen molar-refractivity contribution < 1.29 is 23.5 Å². The summed E-state index contributed by atoms with van der Waals surface area (Å²) < 4.78 is 21.2. The number of ether oxygens (including phenoxy) is 3. The summed E-state index contributed by atoms with van der Waals surface area (Å²) in [5, 5.41) is 4.48. The third-order valence-corrected chi connectivity index (χ3v) is 3.93. The molecule has 7 nitrogen and oxygen atoms in total. The molecule has 2 aromatic carbocycles. The van der Waals surface area contributed by atoms with E-state index in [2.05, 4.69) is 10.1 Å².